The Labute approximate surface area is 225 Å². The molecule has 0 saturated carbocycles. The van der Waals surface area contributed by atoms with Gasteiger partial charge in [-0.1, -0.05) is 18.2 Å². The third-order valence-electron chi connectivity index (χ3n) is 7.01. The van der Waals surface area contributed by atoms with Crippen LogP contribution in [0.4, 0.5) is 0 Å². The summed E-state index contributed by atoms with van der Waals surface area (Å²) < 4.78 is 21.4. The number of nitrogens with zero attached hydrogens (tertiary/aromatic N) is 1. The highest BCUT2D eigenvalue weighted by molar-refractivity contribution is 5.86. The Balaban J connectivity index is 1.34. The van der Waals surface area contributed by atoms with Gasteiger partial charge in [0.05, 0.1) is 46.5 Å². The summed E-state index contributed by atoms with van der Waals surface area (Å²) in [5, 5.41) is 43.1. The summed E-state index contributed by atoms with van der Waals surface area (Å²) in [5.74, 6) is -2.80. The van der Waals surface area contributed by atoms with E-state index in [-0.39, 0.29) is 31.2 Å². The van der Waals surface area contributed by atoms with E-state index in [1.807, 2.05) is 12.1 Å². The monoisotopic (exact) mass is 546 g/mol. The summed E-state index contributed by atoms with van der Waals surface area (Å²) in [6.07, 6.45) is -2.89. The van der Waals surface area contributed by atoms with Crippen LogP contribution in [0.2, 0.25) is 0 Å². The van der Waals surface area contributed by atoms with Crippen molar-refractivity contribution in [3.05, 3.63) is 53.1 Å². The van der Waals surface area contributed by atoms with Crippen molar-refractivity contribution in [2.45, 2.75) is 37.6 Å². The fourth-order valence-corrected chi connectivity index (χ4v) is 4.66. The lowest BCUT2D eigenvalue weighted by atomic mass is 9.95. The van der Waals surface area contributed by atoms with E-state index in [4.69, 9.17) is 18.9 Å². The Bertz CT molecular complexity index is 1190. The summed E-state index contributed by atoms with van der Waals surface area (Å²) in [5.41, 5.74) is 2.38. The topological polar surface area (TPSA) is 167 Å². The van der Waals surface area contributed by atoms with E-state index in [0.29, 0.717) is 36.6 Å². The Kier molecular flexibility index (Phi) is 8.93. The van der Waals surface area contributed by atoms with Crippen molar-refractivity contribution in [1.29, 1.82) is 0 Å². The van der Waals surface area contributed by atoms with E-state index in [0.717, 1.165) is 11.1 Å². The summed E-state index contributed by atoms with van der Waals surface area (Å²) in [4.78, 5) is 27.2. The highest BCUT2D eigenvalue weighted by atomic mass is 16.8. The maximum absolute atomic E-state index is 12.8. The standard InChI is InChI=1S/C27H34N2O10/c1-36-21-9-16-7-8-29(13-18(16)10-22(21)37-2)24(32)12-28-23(31)11-17-5-3-4-6-20(17)39-27(35)26(34)25(33)19(14-30)15-38-27/h3-6,9-10,19,25-26,30,33-35H,7-8,11-15H2,1-2H3,(H,28,31). The normalized spacial score (nSPS) is 24.5. The van der Waals surface area contributed by atoms with E-state index in [1.165, 1.54) is 6.07 Å². The summed E-state index contributed by atoms with van der Waals surface area (Å²) >= 11 is 0. The number of amides is 2. The Morgan fingerprint density at radius 2 is 1.79 bits per heavy atom. The van der Waals surface area contributed by atoms with Crippen LogP contribution in [0, 0.1) is 5.92 Å². The zero-order valence-corrected chi connectivity index (χ0v) is 21.8. The molecule has 2 aliphatic heterocycles. The predicted molar refractivity (Wildman–Crippen MR) is 136 cm³/mol. The number of benzene rings is 2. The minimum Gasteiger partial charge on any atom is -0.493 e. The molecule has 0 aliphatic carbocycles. The molecule has 1 fully saturated rings. The van der Waals surface area contributed by atoms with Gasteiger partial charge in [0.2, 0.25) is 11.8 Å². The van der Waals surface area contributed by atoms with Gasteiger partial charge in [0, 0.05) is 24.6 Å². The fraction of sp³-hybridized carbons (Fsp3) is 0.481. The number of aliphatic hydroxyl groups is 4. The van der Waals surface area contributed by atoms with E-state index in [2.05, 4.69) is 5.32 Å². The molecule has 0 bridgehead atoms. The number of carbonyl (C=O) groups is 2. The van der Waals surface area contributed by atoms with Crippen molar-refractivity contribution in [1.82, 2.24) is 10.2 Å². The number of rotatable bonds is 9. The zero-order valence-electron chi connectivity index (χ0n) is 21.8. The van der Waals surface area contributed by atoms with Crippen molar-refractivity contribution < 1.29 is 49.0 Å². The molecule has 39 heavy (non-hydrogen) atoms. The summed E-state index contributed by atoms with van der Waals surface area (Å²) in [6.45, 7) is -0.0261. The molecule has 2 heterocycles. The van der Waals surface area contributed by atoms with E-state index in [1.54, 1.807) is 37.3 Å². The molecule has 0 radical (unpaired) electrons. The third-order valence-corrected chi connectivity index (χ3v) is 7.01. The molecular weight excluding hydrogens is 512 g/mol. The minimum absolute atomic E-state index is 0.0483. The second kappa shape index (κ2) is 12.2. The maximum atomic E-state index is 12.8. The first-order valence-corrected chi connectivity index (χ1v) is 12.6. The summed E-state index contributed by atoms with van der Waals surface area (Å²) in [7, 11) is 3.12. The fourth-order valence-electron chi connectivity index (χ4n) is 4.66. The van der Waals surface area contributed by atoms with Crippen LogP contribution in [0.1, 0.15) is 16.7 Å². The lowest BCUT2D eigenvalue weighted by Crippen LogP contribution is -2.62. The first-order valence-electron chi connectivity index (χ1n) is 12.6. The smallest absolute Gasteiger partial charge is 0.354 e. The van der Waals surface area contributed by atoms with E-state index >= 15 is 0 Å². The number of carbonyl (C=O) groups excluding carboxylic acids is 2. The average molecular weight is 547 g/mol. The lowest BCUT2D eigenvalue weighted by Gasteiger charge is -2.42. The number of methoxy groups -OCH3 is 2. The van der Waals surface area contributed by atoms with Crippen LogP contribution in [-0.2, 0) is 33.7 Å². The molecule has 4 rings (SSSR count). The van der Waals surface area contributed by atoms with E-state index < -0.39 is 36.6 Å². The number of nitrogens with one attached hydrogen (secondary N) is 1. The second-order valence-electron chi connectivity index (χ2n) is 9.52. The average Bonchev–Trinajstić information content (AvgIpc) is 2.94. The molecule has 2 aromatic carbocycles. The van der Waals surface area contributed by atoms with Gasteiger partial charge in [-0.15, -0.1) is 0 Å². The zero-order chi connectivity index (χ0) is 28.2. The van der Waals surface area contributed by atoms with Gasteiger partial charge < -0.3 is 49.6 Å². The number of aliphatic hydroxyl groups excluding tert-OH is 3. The van der Waals surface area contributed by atoms with Gasteiger partial charge in [-0.05, 0) is 35.7 Å². The molecule has 0 aromatic heterocycles. The molecule has 12 heteroatoms. The number of fused-ring (bicyclic) bond motifs is 1. The van der Waals surface area contributed by atoms with Gasteiger partial charge in [0.25, 0.3) is 0 Å². The van der Waals surface area contributed by atoms with Gasteiger partial charge in [-0.2, -0.15) is 0 Å². The van der Waals surface area contributed by atoms with Crippen LogP contribution >= 0.6 is 0 Å². The van der Waals surface area contributed by atoms with Crippen LogP contribution in [0.15, 0.2) is 36.4 Å². The molecule has 2 aromatic rings. The van der Waals surface area contributed by atoms with Crippen molar-refractivity contribution in [2.75, 3.05) is 40.5 Å². The highest BCUT2D eigenvalue weighted by Gasteiger charge is 2.51. The Morgan fingerprint density at radius 3 is 2.49 bits per heavy atom. The molecule has 1 saturated heterocycles. The van der Waals surface area contributed by atoms with E-state index in [9.17, 15) is 30.0 Å². The van der Waals surface area contributed by atoms with Gasteiger partial charge in [0.1, 0.15) is 5.75 Å². The van der Waals surface area contributed by atoms with Crippen LogP contribution in [0.3, 0.4) is 0 Å². The first kappa shape index (κ1) is 28.6. The molecule has 2 aliphatic rings. The Morgan fingerprint density at radius 1 is 1.10 bits per heavy atom. The van der Waals surface area contributed by atoms with Crippen molar-refractivity contribution in [3.8, 4) is 17.2 Å². The van der Waals surface area contributed by atoms with Gasteiger partial charge in [0.15, 0.2) is 17.6 Å². The molecule has 2 amide bonds. The molecule has 12 nitrogen and oxygen atoms in total. The van der Waals surface area contributed by atoms with Crippen LogP contribution in [0.25, 0.3) is 0 Å². The van der Waals surface area contributed by atoms with Gasteiger partial charge in [-0.3, -0.25) is 9.59 Å². The largest absolute Gasteiger partial charge is 0.493 e. The minimum atomic E-state index is -2.58. The molecule has 0 spiro atoms. The molecule has 4 atom stereocenters. The van der Waals surface area contributed by atoms with Gasteiger partial charge >= 0.3 is 5.97 Å². The third kappa shape index (κ3) is 6.26. The molecule has 5 N–H and O–H groups in total. The number of ether oxygens (including phenoxy) is 4. The van der Waals surface area contributed by atoms with Gasteiger partial charge in [-0.25, -0.2) is 0 Å². The quantitative estimate of drug-likeness (QED) is 0.255. The highest BCUT2D eigenvalue weighted by Crippen LogP contribution is 2.34. The predicted octanol–water partition coefficient (Wildman–Crippen LogP) is -0.667. The Hall–Kier alpha value is -3.42. The second-order valence-corrected chi connectivity index (χ2v) is 9.52. The number of hydrogen-bond donors (Lipinski definition) is 5. The van der Waals surface area contributed by atoms with Crippen molar-refractivity contribution in [2.24, 2.45) is 5.92 Å². The number of hydrogen-bond acceptors (Lipinski definition) is 10. The summed E-state index contributed by atoms with van der Waals surface area (Å²) in [6, 6.07) is 10.1. The lowest BCUT2D eigenvalue weighted by molar-refractivity contribution is -0.399. The SMILES string of the molecule is COc1cc2c(cc1OC)CN(C(=O)CNC(=O)Cc1ccccc1OC1(O)OCC(CO)C(O)C1O)CC2. The van der Waals surface area contributed by atoms with Crippen LogP contribution in [-0.4, -0.2) is 95.8 Å². The number of para-hydroxylation sites is 1. The van der Waals surface area contributed by atoms with Crippen molar-refractivity contribution in [3.63, 3.8) is 0 Å². The molecule has 212 valence electrons. The first-order chi connectivity index (χ1) is 18.7. The molecule has 4 unspecified atom stereocenters. The van der Waals surface area contributed by atoms with Crippen LogP contribution in [0.5, 0.6) is 17.2 Å². The van der Waals surface area contributed by atoms with Crippen molar-refractivity contribution >= 4 is 11.8 Å². The van der Waals surface area contributed by atoms with Crippen LogP contribution < -0.4 is 19.5 Å². The molecular formula is C27H34N2O10. The maximum Gasteiger partial charge on any atom is 0.354 e.